The standard InChI is InChI=1S/C22H31/c1-4-5-6-7-8-9-10-17-11-12-18-13-19-15-22(2,3)16-20(19)14-21(17)18/h11-14H,4-10,15-16H2,1-3H3. The van der Waals surface area contributed by atoms with Gasteiger partial charge in [-0.25, -0.2) is 0 Å². The van der Waals surface area contributed by atoms with E-state index in [4.69, 9.17) is 0 Å². The molecule has 0 heterocycles. The molecule has 0 aliphatic heterocycles. The van der Waals surface area contributed by atoms with Gasteiger partial charge in [-0.15, -0.1) is 0 Å². The minimum atomic E-state index is 0.459. The van der Waals surface area contributed by atoms with Crippen LogP contribution in [-0.4, -0.2) is 0 Å². The van der Waals surface area contributed by atoms with Crippen LogP contribution in [0.4, 0.5) is 0 Å². The van der Waals surface area contributed by atoms with Crippen molar-refractivity contribution in [2.45, 2.75) is 78.6 Å². The molecule has 0 heteroatoms. The van der Waals surface area contributed by atoms with E-state index < -0.39 is 0 Å². The van der Waals surface area contributed by atoms with Crippen LogP contribution in [0.5, 0.6) is 0 Å². The minimum absolute atomic E-state index is 0.459. The van der Waals surface area contributed by atoms with Crippen molar-refractivity contribution in [1.29, 1.82) is 0 Å². The van der Waals surface area contributed by atoms with E-state index in [1.165, 1.54) is 68.9 Å². The van der Waals surface area contributed by atoms with Gasteiger partial charge in [0.05, 0.1) is 0 Å². The molecule has 0 unspecified atom stereocenters. The molecule has 1 radical (unpaired) electrons. The van der Waals surface area contributed by atoms with Crippen molar-refractivity contribution in [2.24, 2.45) is 5.41 Å². The Morgan fingerprint density at radius 2 is 1.55 bits per heavy atom. The van der Waals surface area contributed by atoms with Gasteiger partial charge in [0, 0.05) is 5.92 Å². The first-order chi connectivity index (χ1) is 10.6. The smallest absolute Gasteiger partial charge is 0.0273 e. The Balaban J connectivity index is 1.58. The third kappa shape index (κ3) is 3.47. The van der Waals surface area contributed by atoms with E-state index in [9.17, 15) is 0 Å². The summed E-state index contributed by atoms with van der Waals surface area (Å²) in [7, 11) is 0. The van der Waals surface area contributed by atoms with Gasteiger partial charge < -0.3 is 0 Å². The molecule has 2 aliphatic carbocycles. The maximum atomic E-state index is 2.51. The molecule has 0 fully saturated rings. The molecular weight excluding hydrogens is 264 g/mol. The summed E-state index contributed by atoms with van der Waals surface area (Å²) in [6, 6.07) is 4.97. The Morgan fingerprint density at radius 3 is 2.32 bits per heavy atom. The first-order valence-corrected chi connectivity index (χ1v) is 9.29. The van der Waals surface area contributed by atoms with Gasteiger partial charge in [-0.3, -0.25) is 0 Å². The monoisotopic (exact) mass is 295 g/mol. The van der Waals surface area contributed by atoms with E-state index in [1.807, 2.05) is 0 Å². The fraction of sp³-hybridized carbons (Fsp3) is 0.591. The summed E-state index contributed by atoms with van der Waals surface area (Å²) in [4.78, 5) is 0. The SMILES string of the molecule is CCCCCCCC[C]1C=Cc2cc3c(cc21)CC(C)(C)C3. The number of allylic oxidation sites excluding steroid dienone is 1. The lowest BCUT2D eigenvalue weighted by Crippen LogP contribution is -2.09. The molecular formula is C22H31. The normalized spacial score (nSPS) is 18.7. The Bertz CT molecular complexity index is 547. The van der Waals surface area contributed by atoms with Crippen LogP contribution in [0.2, 0.25) is 0 Å². The lowest BCUT2D eigenvalue weighted by molar-refractivity contribution is 0.392. The summed E-state index contributed by atoms with van der Waals surface area (Å²) in [5.74, 6) is 1.58. The van der Waals surface area contributed by atoms with Crippen molar-refractivity contribution in [3.63, 3.8) is 0 Å². The molecule has 0 spiro atoms. The highest BCUT2D eigenvalue weighted by Crippen LogP contribution is 2.41. The van der Waals surface area contributed by atoms with Gasteiger partial charge in [0.2, 0.25) is 0 Å². The molecule has 0 atom stereocenters. The van der Waals surface area contributed by atoms with Crippen molar-refractivity contribution in [3.8, 4) is 0 Å². The van der Waals surface area contributed by atoms with Crippen LogP contribution in [0.25, 0.3) is 6.08 Å². The van der Waals surface area contributed by atoms with Gasteiger partial charge in [-0.2, -0.15) is 0 Å². The average Bonchev–Trinajstić information content (AvgIpc) is 2.98. The van der Waals surface area contributed by atoms with E-state index in [2.05, 4.69) is 45.1 Å². The van der Waals surface area contributed by atoms with Crippen LogP contribution >= 0.6 is 0 Å². The first kappa shape index (κ1) is 15.8. The third-order valence-corrected chi connectivity index (χ3v) is 5.32. The van der Waals surface area contributed by atoms with E-state index in [0.717, 1.165) is 0 Å². The second-order valence-corrected chi connectivity index (χ2v) is 8.10. The molecule has 0 saturated carbocycles. The molecule has 3 rings (SSSR count). The Kier molecular flexibility index (Phi) is 4.76. The zero-order valence-electron chi connectivity index (χ0n) is 14.7. The molecule has 0 nitrogen and oxygen atoms in total. The predicted octanol–water partition coefficient (Wildman–Crippen LogP) is 6.51. The number of rotatable bonds is 7. The van der Waals surface area contributed by atoms with E-state index in [-0.39, 0.29) is 0 Å². The summed E-state index contributed by atoms with van der Waals surface area (Å²) in [5.41, 5.74) is 6.66. The average molecular weight is 295 g/mol. The second kappa shape index (κ2) is 6.60. The second-order valence-electron chi connectivity index (χ2n) is 8.10. The topological polar surface area (TPSA) is 0 Å². The van der Waals surface area contributed by atoms with Crippen LogP contribution in [0.15, 0.2) is 18.2 Å². The molecule has 0 N–H and O–H groups in total. The van der Waals surface area contributed by atoms with E-state index >= 15 is 0 Å². The van der Waals surface area contributed by atoms with Crippen molar-refractivity contribution < 1.29 is 0 Å². The van der Waals surface area contributed by atoms with Gasteiger partial charge in [0.1, 0.15) is 0 Å². The summed E-state index contributed by atoms with van der Waals surface area (Å²) in [6.07, 6.45) is 16.8. The minimum Gasteiger partial charge on any atom is -0.0721 e. The van der Waals surface area contributed by atoms with Crippen LogP contribution in [0.1, 0.15) is 88.0 Å². The Labute approximate surface area is 137 Å². The van der Waals surface area contributed by atoms with Gasteiger partial charge in [-0.05, 0) is 46.9 Å². The number of benzene rings is 1. The molecule has 0 aromatic heterocycles. The molecule has 0 saturated heterocycles. The van der Waals surface area contributed by atoms with E-state index in [0.29, 0.717) is 5.41 Å². The van der Waals surface area contributed by atoms with Crippen molar-refractivity contribution >= 4 is 6.08 Å². The molecule has 119 valence electrons. The van der Waals surface area contributed by atoms with Gasteiger partial charge in [0.25, 0.3) is 0 Å². The molecule has 0 bridgehead atoms. The van der Waals surface area contributed by atoms with Crippen molar-refractivity contribution in [2.75, 3.05) is 0 Å². The lowest BCUT2D eigenvalue weighted by Gasteiger charge is -2.14. The summed E-state index contributed by atoms with van der Waals surface area (Å²) >= 11 is 0. The van der Waals surface area contributed by atoms with Crippen LogP contribution in [-0.2, 0) is 12.8 Å². The highest BCUT2D eigenvalue weighted by molar-refractivity contribution is 5.70. The number of hydrogen-bond acceptors (Lipinski definition) is 0. The lowest BCUT2D eigenvalue weighted by atomic mass is 9.90. The third-order valence-electron chi connectivity index (χ3n) is 5.32. The van der Waals surface area contributed by atoms with Gasteiger partial charge >= 0.3 is 0 Å². The summed E-state index contributed by atoms with van der Waals surface area (Å²) in [6.45, 7) is 7.08. The largest absolute Gasteiger partial charge is 0.0721 e. The number of unbranched alkanes of at least 4 members (excludes halogenated alkanes) is 5. The maximum absolute atomic E-state index is 2.51. The Morgan fingerprint density at radius 1 is 0.864 bits per heavy atom. The van der Waals surface area contributed by atoms with Crippen LogP contribution < -0.4 is 0 Å². The van der Waals surface area contributed by atoms with Gasteiger partial charge in [-0.1, -0.05) is 83.6 Å². The molecule has 22 heavy (non-hydrogen) atoms. The van der Waals surface area contributed by atoms with Gasteiger partial charge in [0.15, 0.2) is 0 Å². The molecule has 1 aromatic carbocycles. The fourth-order valence-electron chi connectivity index (χ4n) is 4.14. The van der Waals surface area contributed by atoms with Crippen LogP contribution in [0.3, 0.4) is 0 Å². The molecule has 0 amide bonds. The molecule has 1 aromatic rings. The Hall–Kier alpha value is -1.04. The van der Waals surface area contributed by atoms with Crippen LogP contribution in [0, 0.1) is 11.3 Å². The highest BCUT2D eigenvalue weighted by Gasteiger charge is 2.30. The number of hydrogen-bond donors (Lipinski definition) is 0. The fourth-order valence-corrected chi connectivity index (χ4v) is 4.14. The quantitative estimate of drug-likeness (QED) is 0.503. The maximum Gasteiger partial charge on any atom is 0.0273 e. The highest BCUT2D eigenvalue weighted by atomic mass is 14.3. The zero-order valence-corrected chi connectivity index (χ0v) is 14.7. The molecule has 2 aliphatic rings. The summed E-state index contributed by atoms with van der Waals surface area (Å²) < 4.78 is 0. The zero-order chi connectivity index (χ0) is 15.6. The predicted molar refractivity (Wildman–Crippen MR) is 97.0 cm³/mol. The summed E-state index contributed by atoms with van der Waals surface area (Å²) in [5, 5.41) is 0. The van der Waals surface area contributed by atoms with Crippen molar-refractivity contribution in [1.82, 2.24) is 0 Å². The van der Waals surface area contributed by atoms with Crippen molar-refractivity contribution in [3.05, 3.63) is 46.4 Å². The first-order valence-electron chi connectivity index (χ1n) is 9.29. The van der Waals surface area contributed by atoms with E-state index in [1.54, 1.807) is 17.0 Å². The number of fused-ring (bicyclic) bond motifs is 2.